The third-order valence-electron chi connectivity index (χ3n) is 2.87. The Balaban J connectivity index is 2.01. The number of hydroxylamine groups is 1. The number of aromatic nitrogens is 2. The normalized spacial score (nSPS) is 10.3. The highest BCUT2D eigenvalue weighted by molar-refractivity contribution is 5.90. The van der Waals surface area contributed by atoms with Gasteiger partial charge in [0.05, 0.1) is 16.6 Å². The van der Waals surface area contributed by atoms with E-state index in [1.54, 1.807) is 24.3 Å². The minimum Gasteiger partial charge on any atom is -0.349 e. The fourth-order valence-corrected chi connectivity index (χ4v) is 1.93. The van der Waals surface area contributed by atoms with Gasteiger partial charge in [-0.25, -0.2) is 9.78 Å². The maximum Gasteiger partial charge on any atom is 0.352 e. The lowest BCUT2D eigenvalue weighted by Gasteiger charge is -2.19. The number of carbonyl (C=O) groups is 1. The molecule has 1 heterocycles. The third-order valence-corrected chi connectivity index (χ3v) is 2.87. The van der Waals surface area contributed by atoms with Crippen molar-refractivity contribution < 1.29 is 9.63 Å². The summed E-state index contributed by atoms with van der Waals surface area (Å²) in [4.78, 5) is 25.4. The van der Waals surface area contributed by atoms with Crippen LogP contribution in [0, 0.1) is 0 Å². The van der Waals surface area contributed by atoms with E-state index in [0.717, 1.165) is 10.6 Å². The van der Waals surface area contributed by atoms with E-state index < -0.39 is 6.03 Å². The smallest absolute Gasteiger partial charge is 0.349 e. The summed E-state index contributed by atoms with van der Waals surface area (Å²) in [6.45, 7) is 0. The molecule has 0 unspecified atom stereocenters. The van der Waals surface area contributed by atoms with Crippen LogP contribution >= 0.6 is 0 Å². The molecule has 21 heavy (non-hydrogen) atoms. The Morgan fingerprint density at radius 3 is 2.48 bits per heavy atom. The minimum atomic E-state index is -0.733. The number of rotatable bonds is 3. The average molecular weight is 280 g/mol. The van der Waals surface area contributed by atoms with E-state index in [9.17, 15) is 4.79 Å². The maximum absolute atomic E-state index is 11.6. The van der Waals surface area contributed by atoms with Gasteiger partial charge in [0.1, 0.15) is 6.33 Å². The quantitative estimate of drug-likeness (QED) is 0.747. The molecule has 0 bridgehead atoms. The van der Waals surface area contributed by atoms with Crippen molar-refractivity contribution >= 4 is 22.6 Å². The second kappa shape index (κ2) is 5.46. The van der Waals surface area contributed by atoms with E-state index >= 15 is 0 Å². The Bertz CT molecular complexity index is 771. The SMILES string of the molecule is NC(=O)N(Oc1ncnc2ccccc12)c1ccccc1. The fourth-order valence-electron chi connectivity index (χ4n) is 1.93. The Labute approximate surface area is 120 Å². The summed E-state index contributed by atoms with van der Waals surface area (Å²) in [6.07, 6.45) is 1.38. The van der Waals surface area contributed by atoms with Crippen LogP contribution in [-0.2, 0) is 0 Å². The first-order valence-corrected chi connectivity index (χ1v) is 6.28. The highest BCUT2D eigenvalue weighted by atomic mass is 16.7. The van der Waals surface area contributed by atoms with E-state index in [2.05, 4.69) is 9.97 Å². The van der Waals surface area contributed by atoms with Crippen molar-refractivity contribution in [2.75, 3.05) is 5.06 Å². The highest BCUT2D eigenvalue weighted by Gasteiger charge is 2.17. The molecule has 0 aliphatic carbocycles. The van der Waals surface area contributed by atoms with E-state index in [1.807, 2.05) is 30.3 Å². The van der Waals surface area contributed by atoms with Crippen LogP contribution in [0.3, 0.4) is 0 Å². The number of nitrogens with zero attached hydrogens (tertiary/aromatic N) is 3. The van der Waals surface area contributed by atoms with Gasteiger partial charge in [-0.1, -0.05) is 30.3 Å². The van der Waals surface area contributed by atoms with Crippen LogP contribution in [0.2, 0.25) is 0 Å². The number of primary amides is 1. The number of anilines is 1. The molecule has 0 radical (unpaired) electrons. The van der Waals surface area contributed by atoms with Crippen molar-refractivity contribution in [1.29, 1.82) is 0 Å². The zero-order valence-electron chi connectivity index (χ0n) is 11.0. The minimum absolute atomic E-state index is 0.267. The number of urea groups is 1. The van der Waals surface area contributed by atoms with Crippen molar-refractivity contribution in [3.8, 4) is 5.88 Å². The van der Waals surface area contributed by atoms with E-state index in [0.29, 0.717) is 11.1 Å². The van der Waals surface area contributed by atoms with Gasteiger partial charge in [-0.05, 0) is 24.3 Å². The first-order valence-electron chi connectivity index (χ1n) is 6.28. The predicted molar refractivity (Wildman–Crippen MR) is 78.7 cm³/mol. The molecule has 6 heteroatoms. The molecule has 1 aromatic heterocycles. The molecule has 0 saturated heterocycles. The topological polar surface area (TPSA) is 81.3 Å². The average Bonchev–Trinajstić information content (AvgIpc) is 2.53. The summed E-state index contributed by atoms with van der Waals surface area (Å²) < 4.78 is 0. The summed E-state index contributed by atoms with van der Waals surface area (Å²) in [5.41, 5.74) is 6.62. The molecule has 0 spiro atoms. The van der Waals surface area contributed by atoms with Crippen molar-refractivity contribution in [2.24, 2.45) is 5.73 Å². The molecular weight excluding hydrogens is 268 g/mol. The monoisotopic (exact) mass is 280 g/mol. The number of hydrogen-bond donors (Lipinski definition) is 1. The molecule has 3 aromatic rings. The Morgan fingerprint density at radius 1 is 1.00 bits per heavy atom. The van der Waals surface area contributed by atoms with E-state index in [-0.39, 0.29) is 5.88 Å². The van der Waals surface area contributed by atoms with Crippen LogP contribution in [0.25, 0.3) is 10.9 Å². The molecule has 0 fully saturated rings. The van der Waals surface area contributed by atoms with Crippen LogP contribution < -0.4 is 15.6 Å². The van der Waals surface area contributed by atoms with Gasteiger partial charge < -0.3 is 10.6 Å². The summed E-state index contributed by atoms with van der Waals surface area (Å²) in [5.74, 6) is 0.267. The number of benzene rings is 2. The molecule has 0 aliphatic heterocycles. The van der Waals surface area contributed by atoms with Gasteiger partial charge in [-0.15, -0.1) is 5.06 Å². The maximum atomic E-state index is 11.6. The zero-order chi connectivity index (χ0) is 14.7. The Hall–Kier alpha value is -3.15. The second-order valence-electron chi connectivity index (χ2n) is 4.26. The molecule has 0 aliphatic rings. The predicted octanol–water partition coefficient (Wildman–Crippen LogP) is 2.51. The summed E-state index contributed by atoms with van der Waals surface area (Å²) in [6, 6.07) is 15.5. The van der Waals surface area contributed by atoms with Crippen molar-refractivity contribution in [3.05, 3.63) is 60.9 Å². The van der Waals surface area contributed by atoms with Crippen LogP contribution in [0.4, 0.5) is 10.5 Å². The van der Waals surface area contributed by atoms with Gasteiger partial charge in [0.2, 0.25) is 0 Å². The van der Waals surface area contributed by atoms with Gasteiger partial charge in [0.25, 0.3) is 5.88 Å². The molecule has 3 rings (SSSR count). The number of carbonyl (C=O) groups excluding carboxylic acids is 1. The second-order valence-corrected chi connectivity index (χ2v) is 4.26. The third kappa shape index (κ3) is 2.59. The van der Waals surface area contributed by atoms with Crippen LogP contribution in [0.5, 0.6) is 5.88 Å². The number of amides is 2. The Morgan fingerprint density at radius 2 is 1.71 bits per heavy atom. The molecule has 104 valence electrons. The molecule has 2 aromatic carbocycles. The number of nitrogens with two attached hydrogens (primary N) is 1. The molecule has 6 nitrogen and oxygen atoms in total. The molecule has 0 saturated carbocycles. The van der Waals surface area contributed by atoms with Gasteiger partial charge in [0, 0.05) is 0 Å². The first kappa shape index (κ1) is 12.9. The number of hydrogen-bond acceptors (Lipinski definition) is 4. The lowest BCUT2D eigenvalue weighted by Crippen LogP contribution is -2.38. The van der Waals surface area contributed by atoms with Crippen LogP contribution in [0.1, 0.15) is 0 Å². The highest BCUT2D eigenvalue weighted by Crippen LogP contribution is 2.23. The lowest BCUT2D eigenvalue weighted by atomic mass is 10.2. The first-order chi connectivity index (χ1) is 10.3. The van der Waals surface area contributed by atoms with Crippen LogP contribution in [-0.4, -0.2) is 16.0 Å². The largest absolute Gasteiger partial charge is 0.352 e. The molecule has 2 amide bonds. The van der Waals surface area contributed by atoms with Crippen molar-refractivity contribution in [1.82, 2.24) is 9.97 Å². The summed E-state index contributed by atoms with van der Waals surface area (Å²) in [5, 5.41) is 1.69. The van der Waals surface area contributed by atoms with Gasteiger partial charge in [0.15, 0.2) is 0 Å². The molecule has 2 N–H and O–H groups in total. The Kier molecular flexibility index (Phi) is 3.34. The van der Waals surface area contributed by atoms with Gasteiger partial charge in [-0.3, -0.25) is 0 Å². The van der Waals surface area contributed by atoms with Crippen molar-refractivity contribution in [2.45, 2.75) is 0 Å². The summed E-state index contributed by atoms with van der Waals surface area (Å²) >= 11 is 0. The zero-order valence-corrected chi connectivity index (χ0v) is 11.0. The standard InChI is InChI=1S/C15H12N4O2/c16-15(20)19(11-6-2-1-3-7-11)21-14-12-8-4-5-9-13(12)17-10-18-14/h1-10H,(H2,16,20). The van der Waals surface area contributed by atoms with Gasteiger partial charge >= 0.3 is 6.03 Å². The fraction of sp³-hybridized carbons (Fsp3) is 0. The van der Waals surface area contributed by atoms with Gasteiger partial charge in [-0.2, -0.15) is 4.98 Å². The number of para-hydroxylation sites is 2. The van der Waals surface area contributed by atoms with E-state index in [1.165, 1.54) is 6.33 Å². The summed E-state index contributed by atoms with van der Waals surface area (Å²) in [7, 11) is 0. The lowest BCUT2D eigenvalue weighted by molar-refractivity contribution is 0.219. The number of fused-ring (bicyclic) bond motifs is 1. The molecular formula is C15H12N4O2. The van der Waals surface area contributed by atoms with Crippen LogP contribution in [0.15, 0.2) is 60.9 Å². The molecule has 0 atom stereocenters. The van der Waals surface area contributed by atoms with Crippen molar-refractivity contribution in [3.63, 3.8) is 0 Å². The van der Waals surface area contributed by atoms with E-state index in [4.69, 9.17) is 10.6 Å².